The Morgan fingerprint density at radius 2 is 1.82 bits per heavy atom. The molecule has 3 aromatic rings. The van der Waals surface area contributed by atoms with E-state index >= 15 is 0 Å². The van der Waals surface area contributed by atoms with E-state index in [9.17, 15) is 0 Å². The first-order valence-electron chi connectivity index (χ1n) is 6.78. The van der Waals surface area contributed by atoms with Crippen LogP contribution in [0.2, 0.25) is 0 Å². The summed E-state index contributed by atoms with van der Waals surface area (Å²) >= 11 is 1.58. The molecule has 0 aliphatic carbocycles. The van der Waals surface area contributed by atoms with E-state index < -0.39 is 0 Å². The predicted molar refractivity (Wildman–Crippen MR) is 89.9 cm³/mol. The van der Waals surface area contributed by atoms with Gasteiger partial charge in [0.1, 0.15) is 5.82 Å². The number of nitrogens with zero attached hydrogens (tertiary/aromatic N) is 5. The second-order valence-electron chi connectivity index (χ2n) is 4.94. The van der Waals surface area contributed by atoms with Gasteiger partial charge in [-0.05, 0) is 12.1 Å². The van der Waals surface area contributed by atoms with Crippen LogP contribution < -0.4 is 10.6 Å². The molecule has 7 heteroatoms. The van der Waals surface area contributed by atoms with Crippen LogP contribution in [0.3, 0.4) is 0 Å². The number of hydrogen-bond acceptors (Lipinski definition) is 7. The van der Waals surface area contributed by atoms with Crippen molar-refractivity contribution in [2.45, 2.75) is 10.8 Å². The van der Waals surface area contributed by atoms with E-state index in [1.54, 1.807) is 16.7 Å². The van der Waals surface area contributed by atoms with Crippen molar-refractivity contribution in [2.75, 3.05) is 24.7 Å². The third kappa shape index (κ3) is 3.25. The van der Waals surface area contributed by atoms with Crippen LogP contribution in [0.25, 0.3) is 10.9 Å². The zero-order valence-electron chi connectivity index (χ0n) is 12.4. The third-order valence-electron chi connectivity index (χ3n) is 3.01. The van der Waals surface area contributed by atoms with Crippen LogP contribution in [-0.2, 0) is 5.75 Å². The smallest absolute Gasteiger partial charge is 0.229 e. The normalized spacial score (nSPS) is 10.8. The minimum absolute atomic E-state index is 0.237. The number of fused-ring (bicyclic) bond motifs is 1. The summed E-state index contributed by atoms with van der Waals surface area (Å²) in [5, 5.41) is 2.07. The Hall–Kier alpha value is -2.41. The maximum absolute atomic E-state index is 5.73. The maximum Gasteiger partial charge on any atom is 0.229 e. The second kappa shape index (κ2) is 6.15. The van der Waals surface area contributed by atoms with Crippen LogP contribution in [0.15, 0.2) is 41.4 Å². The molecule has 0 aliphatic heterocycles. The molecule has 1 aromatic carbocycles. The second-order valence-corrected chi connectivity index (χ2v) is 5.93. The van der Waals surface area contributed by atoms with E-state index in [0.717, 1.165) is 15.9 Å². The minimum Gasteiger partial charge on any atom is -0.368 e. The van der Waals surface area contributed by atoms with E-state index in [1.807, 2.05) is 44.4 Å². The lowest BCUT2D eigenvalue weighted by Crippen LogP contribution is -2.15. The molecular formula is C15H16N6S. The number of benzene rings is 1. The topological polar surface area (TPSA) is 80.8 Å². The fraction of sp³-hybridized carbons (Fsp3) is 0.200. The zero-order chi connectivity index (χ0) is 15.5. The van der Waals surface area contributed by atoms with Gasteiger partial charge in [0.05, 0.1) is 16.3 Å². The van der Waals surface area contributed by atoms with Gasteiger partial charge in [-0.3, -0.25) is 0 Å². The highest BCUT2D eigenvalue weighted by Crippen LogP contribution is 2.23. The molecule has 0 amide bonds. The summed E-state index contributed by atoms with van der Waals surface area (Å²) in [7, 11) is 3.74. The summed E-state index contributed by atoms with van der Waals surface area (Å²) in [5.41, 5.74) is 6.71. The standard InChI is InChI=1S/C15H16N6S/c1-21(2)15-19-12(18-14(16)20-15)9-22-13-8-7-10-5-3-4-6-11(10)17-13/h3-8H,9H2,1-2H3,(H2,16,18,19,20). The highest BCUT2D eigenvalue weighted by Gasteiger charge is 2.07. The number of pyridine rings is 1. The average Bonchev–Trinajstić information content (AvgIpc) is 2.52. The first kappa shape index (κ1) is 14.5. The molecule has 0 bridgehead atoms. The Balaban J connectivity index is 1.78. The summed E-state index contributed by atoms with van der Waals surface area (Å²) in [4.78, 5) is 19.1. The van der Waals surface area contributed by atoms with Gasteiger partial charge in [0.25, 0.3) is 0 Å². The molecule has 0 saturated heterocycles. The molecule has 22 heavy (non-hydrogen) atoms. The molecule has 2 heterocycles. The van der Waals surface area contributed by atoms with Crippen LogP contribution in [0, 0.1) is 0 Å². The molecular weight excluding hydrogens is 296 g/mol. The number of aromatic nitrogens is 4. The van der Waals surface area contributed by atoms with Gasteiger partial charge in [-0.25, -0.2) is 4.98 Å². The zero-order valence-corrected chi connectivity index (χ0v) is 13.2. The number of para-hydroxylation sites is 1. The van der Waals surface area contributed by atoms with Gasteiger partial charge in [-0.2, -0.15) is 15.0 Å². The minimum atomic E-state index is 0.237. The molecule has 6 nitrogen and oxygen atoms in total. The molecule has 112 valence electrons. The van der Waals surface area contributed by atoms with Gasteiger partial charge >= 0.3 is 0 Å². The van der Waals surface area contributed by atoms with Crippen molar-refractivity contribution in [1.82, 2.24) is 19.9 Å². The Morgan fingerprint density at radius 1 is 1.00 bits per heavy atom. The predicted octanol–water partition coefficient (Wildman–Crippen LogP) is 2.36. The molecule has 0 unspecified atom stereocenters. The number of rotatable bonds is 4. The lowest BCUT2D eigenvalue weighted by atomic mass is 10.2. The largest absolute Gasteiger partial charge is 0.368 e. The summed E-state index contributed by atoms with van der Waals surface area (Å²) in [5.74, 6) is 2.05. The van der Waals surface area contributed by atoms with Crippen LogP contribution in [0.5, 0.6) is 0 Å². The van der Waals surface area contributed by atoms with E-state index in [1.165, 1.54) is 0 Å². The number of anilines is 2. The van der Waals surface area contributed by atoms with Crippen molar-refractivity contribution >= 4 is 34.6 Å². The third-order valence-corrected chi connectivity index (χ3v) is 3.93. The van der Waals surface area contributed by atoms with Gasteiger partial charge in [0, 0.05) is 19.5 Å². The van der Waals surface area contributed by atoms with E-state index in [4.69, 9.17) is 5.73 Å². The van der Waals surface area contributed by atoms with Crippen molar-refractivity contribution in [3.8, 4) is 0 Å². The number of nitrogen functional groups attached to an aromatic ring is 1. The lowest BCUT2D eigenvalue weighted by molar-refractivity contribution is 0.918. The van der Waals surface area contributed by atoms with E-state index in [0.29, 0.717) is 17.5 Å². The van der Waals surface area contributed by atoms with E-state index in [2.05, 4.69) is 26.0 Å². The van der Waals surface area contributed by atoms with Gasteiger partial charge < -0.3 is 10.6 Å². The molecule has 0 atom stereocenters. The maximum atomic E-state index is 5.73. The average molecular weight is 312 g/mol. The van der Waals surface area contributed by atoms with Crippen molar-refractivity contribution in [3.05, 3.63) is 42.2 Å². The highest BCUT2D eigenvalue weighted by molar-refractivity contribution is 7.98. The fourth-order valence-corrected chi connectivity index (χ4v) is 2.69. The Morgan fingerprint density at radius 3 is 2.64 bits per heavy atom. The lowest BCUT2D eigenvalue weighted by Gasteiger charge is -2.11. The summed E-state index contributed by atoms with van der Waals surface area (Å²) < 4.78 is 0. The highest BCUT2D eigenvalue weighted by atomic mass is 32.2. The molecule has 0 spiro atoms. The van der Waals surface area contributed by atoms with Crippen LogP contribution in [0.1, 0.15) is 5.82 Å². The number of thioether (sulfide) groups is 1. The molecule has 0 radical (unpaired) electrons. The van der Waals surface area contributed by atoms with Crippen LogP contribution in [0.4, 0.5) is 11.9 Å². The Kier molecular flexibility index (Phi) is 4.06. The van der Waals surface area contributed by atoms with Gasteiger partial charge in [-0.1, -0.05) is 36.0 Å². The van der Waals surface area contributed by atoms with Crippen molar-refractivity contribution in [3.63, 3.8) is 0 Å². The quantitative estimate of drug-likeness (QED) is 0.741. The van der Waals surface area contributed by atoms with Gasteiger partial charge in [0.2, 0.25) is 11.9 Å². The first-order valence-corrected chi connectivity index (χ1v) is 7.77. The van der Waals surface area contributed by atoms with Crippen LogP contribution >= 0.6 is 11.8 Å². The Bertz CT molecular complexity index is 805. The molecule has 0 fully saturated rings. The summed E-state index contributed by atoms with van der Waals surface area (Å²) in [6, 6.07) is 12.1. The SMILES string of the molecule is CN(C)c1nc(N)nc(CSc2ccc3ccccc3n2)n1. The molecule has 3 rings (SSSR count). The monoisotopic (exact) mass is 312 g/mol. The number of hydrogen-bond donors (Lipinski definition) is 1. The van der Waals surface area contributed by atoms with Crippen molar-refractivity contribution < 1.29 is 0 Å². The van der Waals surface area contributed by atoms with Gasteiger partial charge in [-0.15, -0.1) is 0 Å². The summed E-state index contributed by atoms with van der Waals surface area (Å²) in [6.07, 6.45) is 0. The van der Waals surface area contributed by atoms with E-state index in [-0.39, 0.29) is 5.95 Å². The molecule has 2 N–H and O–H groups in total. The molecule has 2 aromatic heterocycles. The Labute approximate surface area is 132 Å². The molecule has 0 saturated carbocycles. The first-order chi connectivity index (χ1) is 10.6. The van der Waals surface area contributed by atoms with Crippen molar-refractivity contribution in [1.29, 1.82) is 0 Å². The van der Waals surface area contributed by atoms with Gasteiger partial charge in [0.15, 0.2) is 0 Å². The van der Waals surface area contributed by atoms with Crippen molar-refractivity contribution in [2.24, 2.45) is 0 Å². The fourth-order valence-electron chi connectivity index (χ4n) is 1.96. The molecule has 0 aliphatic rings. The summed E-state index contributed by atoms with van der Waals surface area (Å²) in [6.45, 7) is 0. The number of nitrogens with two attached hydrogens (primary N) is 1. The van der Waals surface area contributed by atoms with Crippen LogP contribution in [-0.4, -0.2) is 34.0 Å².